The van der Waals surface area contributed by atoms with Gasteiger partial charge in [-0.3, -0.25) is 4.98 Å². The van der Waals surface area contributed by atoms with Crippen LogP contribution < -0.4 is 0 Å². The fourth-order valence-corrected chi connectivity index (χ4v) is 3.03. The normalized spacial score (nSPS) is 11.8. The van der Waals surface area contributed by atoms with Crippen LogP contribution in [0.1, 0.15) is 12.6 Å². The Morgan fingerprint density at radius 1 is 1.20 bits per heavy atom. The lowest BCUT2D eigenvalue weighted by Gasteiger charge is -2.19. The largest absolute Gasteiger partial charge is 0.260 e. The van der Waals surface area contributed by atoms with Gasteiger partial charge >= 0.3 is 0 Å². The van der Waals surface area contributed by atoms with Crippen molar-refractivity contribution in [3.8, 4) is 0 Å². The van der Waals surface area contributed by atoms with E-state index in [2.05, 4.69) is 15.0 Å². The van der Waals surface area contributed by atoms with Gasteiger partial charge in [0.05, 0.1) is 24.6 Å². The third-order valence-corrected chi connectivity index (χ3v) is 4.72. The molecule has 0 saturated carbocycles. The molecule has 0 amide bonds. The first-order valence-corrected chi connectivity index (χ1v) is 7.73. The van der Waals surface area contributed by atoms with E-state index in [4.69, 9.17) is 11.6 Å². The summed E-state index contributed by atoms with van der Waals surface area (Å²) in [6.07, 6.45) is 4.03. The summed E-state index contributed by atoms with van der Waals surface area (Å²) >= 11 is 5.56. The minimum atomic E-state index is -3.66. The van der Waals surface area contributed by atoms with Crippen molar-refractivity contribution in [2.75, 3.05) is 6.54 Å². The Bertz CT molecular complexity index is 662. The summed E-state index contributed by atoms with van der Waals surface area (Å²) in [5.41, 5.74) is 0.674. The summed E-state index contributed by atoms with van der Waals surface area (Å²) < 4.78 is 26.2. The van der Waals surface area contributed by atoms with Crippen LogP contribution in [0.5, 0.6) is 0 Å². The molecule has 20 heavy (non-hydrogen) atoms. The van der Waals surface area contributed by atoms with E-state index in [0.29, 0.717) is 12.2 Å². The van der Waals surface area contributed by atoms with Crippen LogP contribution in [0.25, 0.3) is 0 Å². The number of hydrogen-bond donors (Lipinski definition) is 0. The second kappa shape index (κ2) is 6.25. The molecule has 0 N–H and O–H groups in total. The highest BCUT2D eigenvalue weighted by Gasteiger charge is 2.24. The molecule has 106 valence electrons. The number of sulfonamides is 1. The molecule has 8 heteroatoms. The minimum absolute atomic E-state index is 0.0109. The molecule has 0 spiro atoms. The molecule has 2 aromatic rings. The number of halogens is 1. The van der Waals surface area contributed by atoms with Crippen molar-refractivity contribution in [2.24, 2.45) is 0 Å². The van der Waals surface area contributed by atoms with Gasteiger partial charge in [-0.15, -0.1) is 0 Å². The van der Waals surface area contributed by atoms with Crippen LogP contribution in [0.2, 0.25) is 5.28 Å². The fourth-order valence-electron chi connectivity index (χ4n) is 1.62. The van der Waals surface area contributed by atoms with Crippen molar-refractivity contribution in [3.05, 3.63) is 47.8 Å². The summed E-state index contributed by atoms with van der Waals surface area (Å²) in [6, 6.07) is 5.37. The maximum absolute atomic E-state index is 12.5. The van der Waals surface area contributed by atoms with Gasteiger partial charge in [-0.25, -0.2) is 18.4 Å². The lowest BCUT2D eigenvalue weighted by atomic mass is 10.3. The number of nitrogens with zero attached hydrogens (tertiary/aromatic N) is 4. The molecule has 6 nitrogen and oxygen atoms in total. The van der Waals surface area contributed by atoms with Crippen LogP contribution in [0, 0.1) is 0 Å². The Labute approximate surface area is 122 Å². The number of rotatable bonds is 5. The number of pyridine rings is 1. The van der Waals surface area contributed by atoms with Crippen molar-refractivity contribution < 1.29 is 8.42 Å². The van der Waals surface area contributed by atoms with E-state index in [1.165, 1.54) is 16.7 Å². The maximum atomic E-state index is 12.5. The average Bonchev–Trinajstić information content (AvgIpc) is 2.46. The van der Waals surface area contributed by atoms with E-state index in [1.54, 1.807) is 25.3 Å². The third-order valence-electron chi connectivity index (χ3n) is 2.65. The summed E-state index contributed by atoms with van der Waals surface area (Å²) in [7, 11) is -3.66. The maximum Gasteiger partial charge on any atom is 0.246 e. The Hall–Kier alpha value is -1.57. The van der Waals surface area contributed by atoms with Gasteiger partial charge in [-0.2, -0.15) is 4.31 Å². The van der Waals surface area contributed by atoms with Gasteiger partial charge in [-0.1, -0.05) is 13.0 Å². The SMILES string of the molecule is CCN(Cc1ccccn1)S(=O)(=O)c1cnc(Cl)nc1. The van der Waals surface area contributed by atoms with Gasteiger partial charge in [0.25, 0.3) is 0 Å². The quantitative estimate of drug-likeness (QED) is 0.786. The summed E-state index contributed by atoms with van der Waals surface area (Å²) in [5.74, 6) is 0. The summed E-state index contributed by atoms with van der Waals surface area (Å²) in [4.78, 5) is 11.5. The van der Waals surface area contributed by atoms with Crippen molar-refractivity contribution in [3.63, 3.8) is 0 Å². The van der Waals surface area contributed by atoms with Crippen LogP contribution in [-0.4, -0.2) is 34.2 Å². The molecule has 2 aromatic heterocycles. The third kappa shape index (κ3) is 3.30. The minimum Gasteiger partial charge on any atom is -0.260 e. The first-order valence-electron chi connectivity index (χ1n) is 5.91. The molecule has 0 unspecified atom stereocenters. The van der Waals surface area contributed by atoms with Gasteiger partial charge in [0.1, 0.15) is 4.90 Å². The molecule has 2 rings (SSSR count). The van der Waals surface area contributed by atoms with Crippen molar-refractivity contribution >= 4 is 21.6 Å². The molecule has 0 radical (unpaired) electrons. The topological polar surface area (TPSA) is 76.1 Å². The molecule has 0 atom stereocenters. The zero-order chi connectivity index (χ0) is 14.6. The van der Waals surface area contributed by atoms with Crippen LogP contribution >= 0.6 is 11.6 Å². The van der Waals surface area contributed by atoms with Gasteiger partial charge in [0, 0.05) is 12.7 Å². The standard InChI is InChI=1S/C12H13ClN4O2S/c1-2-17(9-10-5-3-4-6-14-10)20(18,19)11-7-15-12(13)16-8-11/h3-8H,2,9H2,1H3. The van der Waals surface area contributed by atoms with Crippen molar-refractivity contribution in [2.45, 2.75) is 18.4 Å². The first-order chi connectivity index (χ1) is 9.54. The molecule has 0 aromatic carbocycles. The summed E-state index contributed by atoms with van der Waals surface area (Å²) in [6.45, 7) is 2.28. The molecule has 0 aliphatic heterocycles. The van der Waals surface area contributed by atoms with Gasteiger partial charge < -0.3 is 0 Å². The molecular weight excluding hydrogens is 300 g/mol. The summed E-state index contributed by atoms with van der Waals surface area (Å²) in [5, 5.41) is 0.0109. The monoisotopic (exact) mass is 312 g/mol. The Balaban J connectivity index is 2.28. The second-order valence-electron chi connectivity index (χ2n) is 3.94. The lowest BCUT2D eigenvalue weighted by Crippen LogP contribution is -2.31. The predicted molar refractivity (Wildman–Crippen MR) is 74.5 cm³/mol. The Kier molecular flexibility index (Phi) is 4.64. The van der Waals surface area contributed by atoms with Crippen LogP contribution in [0.15, 0.2) is 41.7 Å². The highest BCUT2D eigenvalue weighted by Crippen LogP contribution is 2.16. The van der Waals surface area contributed by atoms with E-state index in [-0.39, 0.29) is 16.7 Å². The van der Waals surface area contributed by atoms with Crippen LogP contribution in [0.3, 0.4) is 0 Å². The predicted octanol–water partition coefficient (Wildman–Crippen LogP) is 1.74. The van der Waals surface area contributed by atoms with Crippen LogP contribution in [-0.2, 0) is 16.6 Å². The van der Waals surface area contributed by atoms with E-state index < -0.39 is 10.0 Å². The lowest BCUT2D eigenvalue weighted by molar-refractivity contribution is 0.418. The van der Waals surface area contributed by atoms with Gasteiger partial charge in [0.2, 0.25) is 15.3 Å². The van der Waals surface area contributed by atoms with Gasteiger partial charge in [-0.05, 0) is 23.7 Å². The Morgan fingerprint density at radius 3 is 2.45 bits per heavy atom. The van der Waals surface area contributed by atoms with Crippen molar-refractivity contribution in [1.29, 1.82) is 0 Å². The average molecular weight is 313 g/mol. The fraction of sp³-hybridized carbons (Fsp3) is 0.250. The van der Waals surface area contributed by atoms with E-state index in [0.717, 1.165) is 0 Å². The molecule has 0 saturated heterocycles. The molecule has 0 bridgehead atoms. The highest BCUT2D eigenvalue weighted by atomic mass is 35.5. The zero-order valence-electron chi connectivity index (χ0n) is 10.8. The molecule has 0 aliphatic carbocycles. The number of aromatic nitrogens is 3. The second-order valence-corrected chi connectivity index (χ2v) is 6.22. The molecule has 0 aliphatic rings. The highest BCUT2D eigenvalue weighted by molar-refractivity contribution is 7.89. The smallest absolute Gasteiger partial charge is 0.246 e. The Morgan fingerprint density at radius 2 is 1.90 bits per heavy atom. The van der Waals surface area contributed by atoms with Crippen molar-refractivity contribution in [1.82, 2.24) is 19.3 Å². The first kappa shape index (κ1) is 14.8. The van der Waals surface area contributed by atoms with Gasteiger partial charge in [0.15, 0.2) is 0 Å². The van der Waals surface area contributed by atoms with E-state index in [1.807, 2.05) is 6.07 Å². The number of hydrogen-bond acceptors (Lipinski definition) is 5. The molecule has 0 fully saturated rings. The van der Waals surface area contributed by atoms with E-state index in [9.17, 15) is 8.42 Å². The zero-order valence-corrected chi connectivity index (χ0v) is 12.3. The van der Waals surface area contributed by atoms with Crippen LogP contribution in [0.4, 0.5) is 0 Å². The molecular formula is C12H13ClN4O2S. The van der Waals surface area contributed by atoms with E-state index >= 15 is 0 Å². The molecule has 2 heterocycles.